The molecule has 0 aliphatic heterocycles. The summed E-state index contributed by atoms with van der Waals surface area (Å²) >= 11 is 0. The molecule has 2 heterocycles. The molecule has 0 aliphatic rings. The van der Waals surface area contributed by atoms with Gasteiger partial charge in [-0.2, -0.15) is 5.10 Å². The maximum atomic E-state index is 12.4. The fourth-order valence-corrected chi connectivity index (χ4v) is 2.65. The molecule has 0 unspecified atom stereocenters. The van der Waals surface area contributed by atoms with Crippen molar-refractivity contribution in [3.8, 4) is 11.3 Å². The monoisotopic (exact) mass is 378 g/mol. The predicted octanol–water partition coefficient (Wildman–Crippen LogP) is 3.54. The number of nitrogens with zero attached hydrogens (tertiary/aromatic N) is 3. The number of ether oxygens (including phenoxy) is 1. The molecular weight excluding hydrogens is 356 g/mol. The van der Waals surface area contributed by atoms with Crippen molar-refractivity contribution in [3.63, 3.8) is 0 Å². The van der Waals surface area contributed by atoms with Crippen LogP contribution < -0.4 is 5.32 Å². The van der Waals surface area contributed by atoms with Gasteiger partial charge in [0.1, 0.15) is 6.54 Å². The summed E-state index contributed by atoms with van der Waals surface area (Å²) in [6.07, 6.45) is 6.86. The van der Waals surface area contributed by atoms with Gasteiger partial charge in [-0.1, -0.05) is 13.3 Å². The molecular formula is C21H22N4O3. The largest absolute Gasteiger partial charge is 0.462 e. The van der Waals surface area contributed by atoms with E-state index in [1.54, 1.807) is 47.5 Å². The quantitative estimate of drug-likeness (QED) is 0.479. The number of amides is 1. The Hall–Kier alpha value is -3.48. The molecule has 7 nitrogen and oxygen atoms in total. The third kappa shape index (κ3) is 5.03. The number of aromatic nitrogens is 3. The number of pyridine rings is 1. The van der Waals surface area contributed by atoms with Crippen LogP contribution in [0.2, 0.25) is 0 Å². The molecule has 7 heteroatoms. The van der Waals surface area contributed by atoms with Crippen LogP contribution in [-0.2, 0) is 16.1 Å². The van der Waals surface area contributed by atoms with Gasteiger partial charge in [0.05, 0.1) is 17.9 Å². The number of nitrogens with one attached hydrogen (secondary N) is 1. The van der Waals surface area contributed by atoms with Crippen LogP contribution in [0.25, 0.3) is 11.3 Å². The van der Waals surface area contributed by atoms with E-state index in [1.165, 1.54) is 0 Å². The Kier molecular flexibility index (Phi) is 6.51. The number of carbonyl (C=O) groups is 2. The number of carbonyl (C=O) groups excluding carboxylic acids is 2. The van der Waals surface area contributed by atoms with Gasteiger partial charge in [-0.05, 0) is 48.9 Å². The lowest BCUT2D eigenvalue weighted by Gasteiger charge is -2.09. The number of esters is 1. The fraction of sp³-hybridized carbons (Fsp3) is 0.238. The van der Waals surface area contributed by atoms with Crippen LogP contribution in [0.5, 0.6) is 0 Å². The van der Waals surface area contributed by atoms with Crippen molar-refractivity contribution in [2.75, 3.05) is 11.9 Å². The van der Waals surface area contributed by atoms with E-state index in [-0.39, 0.29) is 18.4 Å². The van der Waals surface area contributed by atoms with E-state index in [0.717, 1.165) is 24.1 Å². The Morgan fingerprint density at radius 3 is 2.50 bits per heavy atom. The number of hydrogen-bond acceptors (Lipinski definition) is 5. The number of benzene rings is 1. The van der Waals surface area contributed by atoms with Gasteiger partial charge >= 0.3 is 5.97 Å². The average molecular weight is 378 g/mol. The second kappa shape index (κ2) is 9.45. The van der Waals surface area contributed by atoms with Crippen LogP contribution in [-0.4, -0.2) is 33.2 Å². The standard InChI is InChI=1S/C21H22N4O3/c1-2-3-14-28-21(27)17-4-6-18(7-5-17)24-20(26)15-25-19(10-13-23-25)16-8-11-22-12-9-16/h4-13H,2-3,14-15H2,1H3,(H,24,26). The van der Waals surface area contributed by atoms with Crippen molar-refractivity contribution in [3.05, 3.63) is 66.6 Å². The van der Waals surface area contributed by atoms with Gasteiger partial charge in [0.2, 0.25) is 5.91 Å². The van der Waals surface area contributed by atoms with Crippen molar-refractivity contribution in [1.29, 1.82) is 0 Å². The fourth-order valence-electron chi connectivity index (χ4n) is 2.65. The molecule has 0 radical (unpaired) electrons. The Bertz CT molecular complexity index is 920. The first-order chi connectivity index (χ1) is 13.7. The predicted molar refractivity (Wildman–Crippen MR) is 106 cm³/mol. The van der Waals surface area contributed by atoms with Crippen molar-refractivity contribution >= 4 is 17.6 Å². The zero-order valence-corrected chi connectivity index (χ0v) is 15.7. The van der Waals surface area contributed by atoms with E-state index in [0.29, 0.717) is 17.9 Å². The molecule has 3 aromatic rings. The lowest BCUT2D eigenvalue weighted by molar-refractivity contribution is -0.116. The first-order valence-corrected chi connectivity index (χ1v) is 9.16. The molecule has 1 aromatic carbocycles. The van der Waals surface area contributed by atoms with E-state index < -0.39 is 0 Å². The average Bonchev–Trinajstić information content (AvgIpc) is 3.17. The van der Waals surface area contributed by atoms with Gasteiger partial charge in [0.15, 0.2) is 0 Å². The number of unbranched alkanes of at least 4 members (excludes halogenated alkanes) is 1. The highest BCUT2D eigenvalue weighted by molar-refractivity contribution is 5.93. The van der Waals surface area contributed by atoms with Crippen LogP contribution >= 0.6 is 0 Å². The summed E-state index contributed by atoms with van der Waals surface area (Å²) in [4.78, 5) is 28.3. The molecule has 1 amide bonds. The van der Waals surface area contributed by atoms with E-state index in [2.05, 4.69) is 15.4 Å². The van der Waals surface area contributed by atoms with Crippen LogP contribution in [0.3, 0.4) is 0 Å². The molecule has 0 saturated carbocycles. The van der Waals surface area contributed by atoms with Gasteiger partial charge < -0.3 is 10.1 Å². The van der Waals surface area contributed by atoms with Gasteiger partial charge in [0, 0.05) is 29.8 Å². The minimum atomic E-state index is -0.357. The summed E-state index contributed by atoms with van der Waals surface area (Å²) in [5.41, 5.74) is 2.84. The van der Waals surface area contributed by atoms with E-state index >= 15 is 0 Å². The number of rotatable bonds is 8. The van der Waals surface area contributed by atoms with Crippen molar-refractivity contribution in [2.45, 2.75) is 26.3 Å². The lowest BCUT2D eigenvalue weighted by Crippen LogP contribution is -2.20. The molecule has 0 spiro atoms. The van der Waals surface area contributed by atoms with Gasteiger partial charge in [0.25, 0.3) is 0 Å². The summed E-state index contributed by atoms with van der Waals surface area (Å²) in [7, 11) is 0. The summed E-state index contributed by atoms with van der Waals surface area (Å²) in [5.74, 6) is -0.567. The SMILES string of the molecule is CCCCOC(=O)c1ccc(NC(=O)Cn2nccc2-c2ccncc2)cc1. The van der Waals surface area contributed by atoms with E-state index in [9.17, 15) is 9.59 Å². The molecule has 0 atom stereocenters. The first-order valence-electron chi connectivity index (χ1n) is 9.16. The molecule has 28 heavy (non-hydrogen) atoms. The topological polar surface area (TPSA) is 86.1 Å². The minimum Gasteiger partial charge on any atom is -0.462 e. The summed E-state index contributed by atoms with van der Waals surface area (Å²) < 4.78 is 6.80. The summed E-state index contributed by atoms with van der Waals surface area (Å²) in [6, 6.07) is 12.2. The molecule has 2 aromatic heterocycles. The highest BCUT2D eigenvalue weighted by Crippen LogP contribution is 2.18. The molecule has 3 rings (SSSR count). The summed E-state index contributed by atoms with van der Waals surface area (Å²) in [5, 5.41) is 7.03. The Morgan fingerprint density at radius 1 is 1.04 bits per heavy atom. The van der Waals surface area contributed by atoms with Crippen LogP contribution in [0.15, 0.2) is 61.1 Å². The normalized spacial score (nSPS) is 10.5. The maximum absolute atomic E-state index is 12.4. The van der Waals surface area contributed by atoms with Crippen molar-refractivity contribution in [1.82, 2.24) is 14.8 Å². The minimum absolute atomic E-state index is 0.0749. The summed E-state index contributed by atoms with van der Waals surface area (Å²) in [6.45, 7) is 2.53. The van der Waals surface area contributed by atoms with Gasteiger partial charge in [-0.15, -0.1) is 0 Å². The van der Waals surface area contributed by atoms with Crippen LogP contribution in [0.4, 0.5) is 5.69 Å². The maximum Gasteiger partial charge on any atom is 0.338 e. The van der Waals surface area contributed by atoms with Gasteiger partial charge in [-0.3, -0.25) is 14.5 Å². The third-order valence-corrected chi connectivity index (χ3v) is 4.12. The van der Waals surface area contributed by atoms with E-state index in [1.807, 2.05) is 25.1 Å². The highest BCUT2D eigenvalue weighted by atomic mass is 16.5. The zero-order chi connectivity index (χ0) is 19.8. The van der Waals surface area contributed by atoms with Gasteiger partial charge in [-0.25, -0.2) is 4.79 Å². The number of anilines is 1. The van der Waals surface area contributed by atoms with Crippen molar-refractivity contribution < 1.29 is 14.3 Å². The Balaban J connectivity index is 1.59. The van der Waals surface area contributed by atoms with E-state index in [4.69, 9.17) is 4.74 Å². The van der Waals surface area contributed by atoms with Crippen LogP contribution in [0.1, 0.15) is 30.1 Å². The van der Waals surface area contributed by atoms with Crippen molar-refractivity contribution in [2.24, 2.45) is 0 Å². The smallest absolute Gasteiger partial charge is 0.338 e. The second-order valence-electron chi connectivity index (χ2n) is 6.22. The number of hydrogen-bond donors (Lipinski definition) is 1. The molecule has 0 bridgehead atoms. The molecule has 0 fully saturated rings. The molecule has 0 saturated heterocycles. The lowest BCUT2D eigenvalue weighted by atomic mass is 10.2. The first kappa shape index (κ1) is 19.3. The highest BCUT2D eigenvalue weighted by Gasteiger charge is 2.11. The Morgan fingerprint density at radius 2 is 1.79 bits per heavy atom. The molecule has 1 N–H and O–H groups in total. The molecule has 144 valence electrons. The zero-order valence-electron chi connectivity index (χ0n) is 15.7. The Labute approximate surface area is 163 Å². The molecule has 0 aliphatic carbocycles. The van der Waals surface area contributed by atoms with Crippen LogP contribution in [0, 0.1) is 0 Å². The second-order valence-corrected chi connectivity index (χ2v) is 6.22. The third-order valence-electron chi connectivity index (χ3n) is 4.12.